The van der Waals surface area contributed by atoms with Crippen molar-refractivity contribution < 1.29 is 32.9 Å². The van der Waals surface area contributed by atoms with E-state index in [1.807, 2.05) is 0 Å². The molecule has 0 aliphatic rings. The van der Waals surface area contributed by atoms with Crippen molar-refractivity contribution in [2.24, 2.45) is 0 Å². The number of hydrogen-bond donors (Lipinski definition) is 2. The second kappa shape index (κ2) is 9.58. The second-order valence-electron chi connectivity index (χ2n) is 7.16. The minimum atomic E-state index is -1.36. The zero-order chi connectivity index (χ0) is 25.3. The van der Waals surface area contributed by atoms with Crippen LogP contribution in [0, 0.1) is 11.6 Å². The molecule has 4 rings (SSSR count). The molecular weight excluding hydrogens is 486 g/mol. The topological polar surface area (TPSA) is 120 Å². The van der Waals surface area contributed by atoms with Crippen LogP contribution in [-0.2, 0) is 6.61 Å². The SMILES string of the molecule is CCOc1cc(F)c(-n2c(=O)[nH]c3csc(C(=O)O)c3c2=O)cc1OCc1cc(F)ccc1OC. The number of halogens is 2. The number of H-pyrrole nitrogens is 1. The lowest BCUT2D eigenvalue weighted by Gasteiger charge is -2.16. The summed E-state index contributed by atoms with van der Waals surface area (Å²) in [6.45, 7) is 1.62. The number of carbonyl (C=O) groups is 1. The van der Waals surface area contributed by atoms with E-state index in [-0.39, 0.29) is 40.5 Å². The van der Waals surface area contributed by atoms with Crippen LogP contribution in [0.3, 0.4) is 0 Å². The molecule has 2 N–H and O–H groups in total. The van der Waals surface area contributed by atoms with Crippen molar-refractivity contribution in [2.45, 2.75) is 13.5 Å². The molecule has 9 nitrogen and oxygen atoms in total. The van der Waals surface area contributed by atoms with E-state index in [2.05, 4.69) is 4.98 Å². The van der Waals surface area contributed by atoms with Crippen LogP contribution in [0.4, 0.5) is 8.78 Å². The number of aromatic amines is 1. The quantitative estimate of drug-likeness (QED) is 0.375. The monoisotopic (exact) mass is 504 g/mol. The van der Waals surface area contributed by atoms with E-state index >= 15 is 4.39 Å². The molecule has 35 heavy (non-hydrogen) atoms. The molecule has 0 fully saturated rings. The summed E-state index contributed by atoms with van der Waals surface area (Å²) in [6.07, 6.45) is 0. The number of aromatic nitrogens is 2. The highest BCUT2D eigenvalue weighted by Gasteiger charge is 2.22. The van der Waals surface area contributed by atoms with E-state index in [1.165, 1.54) is 30.7 Å². The van der Waals surface area contributed by atoms with Gasteiger partial charge in [-0.05, 0) is 25.1 Å². The number of methoxy groups -OCH3 is 1. The van der Waals surface area contributed by atoms with Crippen LogP contribution in [-0.4, -0.2) is 34.3 Å². The van der Waals surface area contributed by atoms with Crippen LogP contribution in [0.5, 0.6) is 17.2 Å². The highest BCUT2D eigenvalue weighted by molar-refractivity contribution is 7.13. The number of nitrogens with one attached hydrogen (secondary N) is 1. The molecule has 4 aromatic rings. The maximum Gasteiger partial charge on any atom is 0.346 e. The molecule has 0 saturated heterocycles. The highest BCUT2D eigenvalue weighted by Crippen LogP contribution is 2.33. The average molecular weight is 504 g/mol. The molecule has 0 amide bonds. The molecule has 0 unspecified atom stereocenters. The largest absolute Gasteiger partial charge is 0.496 e. The Labute approximate surface area is 199 Å². The van der Waals surface area contributed by atoms with E-state index in [9.17, 15) is 23.9 Å². The van der Waals surface area contributed by atoms with Crippen molar-refractivity contribution in [3.05, 3.63) is 78.6 Å². The summed E-state index contributed by atoms with van der Waals surface area (Å²) in [7, 11) is 1.41. The van der Waals surface area contributed by atoms with Gasteiger partial charge in [-0.15, -0.1) is 11.3 Å². The van der Waals surface area contributed by atoms with E-state index in [4.69, 9.17) is 14.2 Å². The number of hydrogen-bond acceptors (Lipinski definition) is 7. The number of carboxylic acid groups (broad SMARTS) is 1. The fourth-order valence-corrected chi connectivity index (χ4v) is 4.33. The van der Waals surface area contributed by atoms with Gasteiger partial charge in [-0.2, -0.15) is 0 Å². The van der Waals surface area contributed by atoms with Crippen LogP contribution < -0.4 is 25.5 Å². The minimum Gasteiger partial charge on any atom is -0.496 e. The zero-order valence-electron chi connectivity index (χ0n) is 18.4. The number of aromatic carboxylic acids is 1. The molecule has 0 spiro atoms. The lowest BCUT2D eigenvalue weighted by Crippen LogP contribution is -2.34. The molecule has 0 bridgehead atoms. The Morgan fingerprint density at radius 1 is 1.11 bits per heavy atom. The molecule has 2 heterocycles. The molecule has 0 aliphatic heterocycles. The van der Waals surface area contributed by atoms with Gasteiger partial charge in [0.05, 0.1) is 30.3 Å². The minimum absolute atomic E-state index is 0.0172. The zero-order valence-corrected chi connectivity index (χ0v) is 19.2. The summed E-state index contributed by atoms with van der Waals surface area (Å²) in [5.41, 5.74) is -2.09. The summed E-state index contributed by atoms with van der Waals surface area (Å²) in [5.74, 6) is -2.57. The van der Waals surface area contributed by atoms with Gasteiger partial charge in [0.15, 0.2) is 17.3 Å². The summed E-state index contributed by atoms with van der Waals surface area (Å²) in [5, 5.41) is 10.4. The van der Waals surface area contributed by atoms with Gasteiger partial charge in [-0.1, -0.05) is 0 Å². The molecule has 0 atom stereocenters. The number of rotatable bonds is 8. The average Bonchev–Trinajstić information content (AvgIpc) is 3.24. The van der Waals surface area contributed by atoms with Crippen molar-refractivity contribution in [1.82, 2.24) is 9.55 Å². The van der Waals surface area contributed by atoms with Gasteiger partial charge in [0.2, 0.25) is 0 Å². The Kier molecular flexibility index (Phi) is 6.56. The number of benzene rings is 2. The molecule has 12 heteroatoms. The lowest BCUT2D eigenvalue weighted by molar-refractivity contribution is 0.0704. The third kappa shape index (κ3) is 4.47. The molecule has 182 valence electrons. The van der Waals surface area contributed by atoms with E-state index in [0.717, 1.165) is 23.5 Å². The van der Waals surface area contributed by atoms with Crippen molar-refractivity contribution in [3.63, 3.8) is 0 Å². The van der Waals surface area contributed by atoms with E-state index in [0.29, 0.717) is 15.9 Å². The van der Waals surface area contributed by atoms with Gasteiger partial charge in [0, 0.05) is 23.1 Å². The number of nitrogens with zero attached hydrogens (tertiary/aromatic N) is 1. The van der Waals surface area contributed by atoms with Crippen molar-refractivity contribution >= 4 is 28.2 Å². The summed E-state index contributed by atoms with van der Waals surface area (Å²) >= 11 is 0.760. The first-order valence-electron chi connectivity index (χ1n) is 10.2. The van der Waals surface area contributed by atoms with Gasteiger partial charge in [-0.3, -0.25) is 4.79 Å². The van der Waals surface area contributed by atoms with Crippen LogP contribution in [0.25, 0.3) is 16.6 Å². The first kappa shape index (κ1) is 24.0. The van der Waals surface area contributed by atoms with Crippen LogP contribution in [0.2, 0.25) is 0 Å². The Morgan fingerprint density at radius 2 is 1.86 bits per heavy atom. The van der Waals surface area contributed by atoms with E-state index in [1.54, 1.807) is 6.92 Å². The third-order valence-corrected chi connectivity index (χ3v) is 5.99. The maximum atomic E-state index is 15.1. The first-order chi connectivity index (χ1) is 16.7. The summed E-state index contributed by atoms with van der Waals surface area (Å²) in [6, 6.07) is 5.87. The normalized spacial score (nSPS) is 11.0. The first-order valence-corrected chi connectivity index (χ1v) is 11.0. The smallest absolute Gasteiger partial charge is 0.346 e. The van der Waals surface area contributed by atoms with Gasteiger partial charge < -0.3 is 24.3 Å². The number of fused-ring (bicyclic) bond motifs is 1. The molecular formula is C23H18F2N2O7S. The van der Waals surface area contributed by atoms with Crippen LogP contribution in [0.1, 0.15) is 22.2 Å². The van der Waals surface area contributed by atoms with E-state index < -0.39 is 34.5 Å². The Bertz CT molecular complexity index is 1560. The fourth-order valence-electron chi connectivity index (χ4n) is 3.51. The summed E-state index contributed by atoms with van der Waals surface area (Å²) in [4.78, 5) is 39.4. The molecule has 0 saturated carbocycles. The molecule has 0 radical (unpaired) electrons. The molecule has 2 aromatic heterocycles. The second-order valence-corrected chi connectivity index (χ2v) is 8.04. The number of thiophene rings is 1. The number of carboxylic acids is 1. The van der Waals surface area contributed by atoms with Gasteiger partial charge in [0.1, 0.15) is 23.1 Å². The lowest BCUT2D eigenvalue weighted by atomic mass is 10.2. The maximum absolute atomic E-state index is 15.1. The predicted octanol–water partition coefficient (Wildman–Crippen LogP) is 3.70. The third-order valence-electron chi connectivity index (χ3n) is 5.03. The summed E-state index contributed by atoms with van der Waals surface area (Å²) < 4.78 is 45.7. The Hall–Kier alpha value is -4.19. The van der Waals surface area contributed by atoms with Crippen molar-refractivity contribution in [3.8, 4) is 22.9 Å². The van der Waals surface area contributed by atoms with Crippen LogP contribution >= 0.6 is 11.3 Å². The van der Waals surface area contributed by atoms with Crippen molar-refractivity contribution in [2.75, 3.05) is 13.7 Å². The van der Waals surface area contributed by atoms with Gasteiger partial charge in [-0.25, -0.2) is 22.9 Å². The molecule has 2 aromatic carbocycles. The van der Waals surface area contributed by atoms with Crippen LogP contribution in [0.15, 0.2) is 45.3 Å². The number of ether oxygens (including phenoxy) is 3. The standard InChI is InChI=1S/C23H18F2N2O7S/c1-3-33-17-7-13(25)15(8-18(17)34-9-11-6-12(24)4-5-16(11)32-2)27-21(28)19-14(26-23(27)31)10-35-20(19)22(29)30/h4-8,10H,3,9H2,1-2H3,(H,26,31)(H,29,30). The Morgan fingerprint density at radius 3 is 2.54 bits per heavy atom. The van der Waals surface area contributed by atoms with Crippen molar-refractivity contribution in [1.29, 1.82) is 0 Å². The Balaban J connectivity index is 1.85. The predicted molar refractivity (Wildman–Crippen MR) is 123 cm³/mol. The van der Waals surface area contributed by atoms with Gasteiger partial charge in [0.25, 0.3) is 5.56 Å². The molecule has 0 aliphatic carbocycles. The van der Waals surface area contributed by atoms with Gasteiger partial charge >= 0.3 is 11.7 Å². The fraction of sp³-hybridized carbons (Fsp3) is 0.174. The highest BCUT2D eigenvalue weighted by atomic mass is 32.1.